The summed E-state index contributed by atoms with van der Waals surface area (Å²) in [7, 11) is -3.13. The molecule has 2 heterocycles. The highest BCUT2D eigenvalue weighted by molar-refractivity contribution is 7.88. The van der Waals surface area contributed by atoms with E-state index in [4.69, 9.17) is 11.6 Å². The molecule has 152 valence electrons. The second-order valence-electron chi connectivity index (χ2n) is 7.07. The quantitative estimate of drug-likeness (QED) is 0.772. The lowest BCUT2D eigenvalue weighted by Gasteiger charge is -2.30. The number of sulfonamides is 1. The van der Waals surface area contributed by atoms with Gasteiger partial charge in [-0.25, -0.2) is 17.4 Å². The van der Waals surface area contributed by atoms with Gasteiger partial charge in [-0.05, 0) is 43.4 Å². The minimum absolute atomic E-state index is 0.157. The van der Waals surface area contributed by atoms with Crippen LogP contribution in [0.15, 0.2) is 30.5 Å². The summed E-state index contributed by atoms with van der Waals surface area (Å²) in [6.45, 7) is 3.52. The number of nitrogens with one attached hydrogen (secondary N) is 1. The van der Waals surface area contributed by atoms with Gasteiger partial charge in [-0.15, -0.1) is 0 Å². The molecule has 1 aromatic heterocycles. The zero-order valence-corrected chi connectivity index (χ0v) is 17.6. The molecule has 28 heavy (non-hydrogen) atoms. The number of rotatable bonds is 6. The van der Waals surface area contributed by atoms with E-state index in [9.17, 15) is 13.2 Å². The Balaban J connectivity index is 1.64. The Labute approximate surface area is 170 Å². The predicted molar refractivity (Wildman–Crippen MR) is 109 cm³/mol. The zero-order valence-electron chi connectivity index (χ0n) is 16.1. The summed E-state index contributed by atoms with van der Waals surface area (Å²) in [5.74, 6) is 0.116. The van der Waals surface area contributed by atoms with E-state index in [-0.39, 0.29) is 11.8 Å². The lowest BCUT2D eigenvalue weighted by atomic mass is 9.98. The molecular formula is C19H25ClN4O3S. The molecule has 9 heteroatoms. The highest BCUT2D eigenvalue weighted by Gasteiger charge is 2.25. The minimum Gasteiger partial charge on any atom is -0.352 e. The third-order valence-electron chi connectivity index (χ3n) is 5.09. The lowest BCUT2D eigenvalue weighted by molar-refractivity contribution is 0.0940. The van der Waals surface area contributed by atoms with E-state index in [1.54, 1.807) is 16.9 Å². The number of carbonyl (C=O) groups is 1. The van der Waals surface area contributed by atoms with Crippen LogP contribution in [0, 0.1) is 5.92 Å². The van der Waals surface area contributed by atoms with Crippen molar-refractivity contribution in [1.29, 1.82) is 0 Å². The zero-order chi connectivity index (χ0) is 20.3. The van der Waals surface area contributed by atoms with Gasteiger partial charge in [0.25, 0.3) is 5.91 Å². The average molecular weight is 425 g/mol. The molecule has 1 aromatic carbocycles. The Kier molecular flexibility index (Phi) is 6.42. The molecule has 0 radical (unpaired) electrons. The van der Waals surface area contributed by atoms with Crippen LogP contribution in [0.5, 0.6) is 0 Å². The molecule has 7 nitrogen and oxygen atoms in total. The molecule has 1 fully saturated rings. The van der Waals surface area contributed by atoms with Crippen LogP contribution in [0.2, 0.25) is 5.02 Å². The third-order valence-corrected chi connectivity index (χ3v) is 6.63. The van der Waals surface area contributed by atoms with Crippen molar-refractivity contribution in [2.24, 2.45) is 5.92 Å². The summed E-state index contributed by atoms with van der Waals surface area (Å²) in [5, 5.41) is 7.97. The first-order valence-corrected chi connectivity index (χ1v) is 11.6. The number of aromatic nitrogens is 2. The maximum Gasteiger partial charge on any atom is 0.254 e. The Hall–Kier alpha value is -1.90. The van der Waals surface area contributed by atoms with E-state index < -0.39 is 10.0 Å². The maximum atomic E-state index is 12.7. The first-order chi connectivity index (χ1) is 13.3. The summed E-state index contributed by atoms with van der Waals surface area (Å²) in [6.07, 6.45) is 4.97. The van der Waals surface area contributed by atoms with Gasteiger partial charge in [0.05, 0.1) is 29.4 Å². The van der Waals surface area contributed by atoms with Crippen LogP contribution in [-0.4, -0.2) is 54.3 Å². The van der Waals surface area contributed by atoms with Gasteiger partial charge in [0.2, 0.25) is 10.0 Å². The van der Waals surface area contributed by atoms with Crippen LogP contribution < -0.4 is 5.32 Å². The van der Waals surface area contributed by atoms with Crippen LogP contribution in [0.1, 0.15) is 35.8 Å². The van der Waals surface area contributed by atoms with Gasteiger partial charge in [-0.3, -0.25) is 4.79 Å². The molecule has 1 amide bonds. The van der Waals surface area contributed by atoms with Crippen molar-refractivity contribution >= 4 is 27.5 Å². The molecular weight excluding hydrogens is 400 g/mol. The number of halogens is 1. The molecule has 2 aromatic rings. The van der Waals surface area contributed by atoms with Crippen molar-refractivity contribution in [3.8, 4) is 5.69 Å². The molecule has 0 unspecified atom stereocenters. The molecule has 1 aliphatic rings. The summed E-state index contributed by atoms with van der Waals surface area (Å²) >= 11 is 6.07. The summed E-state index contributed by atoms with van der Waals surface area (Å²) < 4.78 is 26.4. The molecule has 1 aliphatic heterocycles. The van der Waals surface area contributed by atoms with Crippen molar-refractivity contribution in [1.82, 2.24) is 19.4 Å². The third kappa shape index (κ3) is 4.74. The largest absolute Gasteiger partial charge is 0.352 e. The molecule has 0 bridgehead atoms. The maximum absolute atomic E-state index is 12.7. The van der Waals surface area contributed by atoms with E-state index in [2.05, 4.69) is 10.4 Å². The van der Waals surface area contributed by atoms with Crippen molar-refractivity contribution in [3.05, 3.63) is 46.7 Å². The fourth-order valence-corrected chi connectivity index (χ4v) is 4.57. The number of carbonyl (C=O) groups excluding carboxylic acids is 1. The summed E-state index contributed by atoms with van der Waals surface area (Å²) in [6, 6.07) is 7.35. The van der Waals surface area contributed by atoms with Crippen LogP contribution in [0.4, 0.5) is 0 Å². The minimum atomic E-state index is -3.13. The smallest absolute Gasteiger partial charge is 0.254 e. The van der Waals surface area contributed by atoms with E-state index in [0.29, 0.717) is 36.6 Å². The predicted octanol–water partition coefficient (Wildman–Crippen LogP) is 2.49. The SMILES string of the molecule is CCc1c(C(=O)NCC2CCN(S(C)(=O)=O)CC2)cnn1-c1cccc(Cl)c1. The van der Waals surface area contributed by atoms with Crippen LogP contribution in [0.25, 0.3) is 5.69 Å². The van der Waals surface area contributed by atoms with E-state index >= 15 is 0 Å². The van der Waals surface area contributed by atoms with Gasteiger partial charge < -0.3 is 5.32 Å². The molecule has 1 N–H and O–H groups in total. The lowest BCUT2D eigenvalue weighted by Crippen LogP contribution is -2.41. The first kappa shape index (κ1) is 20.8. The molecule has 0 saturated carbocycles. The van der Waals surface area contributed by atoms with Gasteiger partial charge in [0.15, 0.2) is 0 Å². The number of benzene rings is 1. The number of amides is 1. The molecule has 0 spiro atoms. The van der Waals surface area contributed by atoms with Crippen LogP contribution in [0.3, 0.4) is 0 Å². The Bertz CT molecular complexity index is 950. The molecule has 1 saturated heterocycles. The normalized spacial score (nSPS) is 16.2. The van der Waals surface area contributed by atoms with Crippen LogP contribution >= 0.6 is 11.6 Å². The Morgan fingerprint density at radius 1 is 1.32 bits per heavy atom. The number of nitrogens with zero attached hydrogens (tertiary/aromatic N) is 3. The average Bonchev–Trinajstić information content (AvgIpc) is 3.10. The van der Waals surface area contributed by atoms with Gasteiger partial charge in [-0.2, -0.15) is 5.10 Å². The highest BCUT2D eigenvalue weighted by atomic mass is 35.5. The fraction of sp³-hybridized carbons (Fsp3) is 0.474. The van der Waals surface area contributed by atoms with Crippen molar-refractivity contribution < 1.29 is 13.2 Å². The number of hydrogen-bond acceptors (Lipinski definition) is 4. The highest BCUT2D eigenvalue weighted by Crippen LogP contribution is 2.21. The van der Waals surface area contributed by atoms with Gasteiger partial charge in [0, 0.05) is 24.7 Å². The number of piperidine rings is 1. The molecule has 0 atom stereocenters. The van der Waals surface area contributed by atoms with E-state index in [1.807, 2.05) is 25.1 Å². The van der Waals surface area contributed by atoms with Crippen molar-refractivity contribution in [3.63, 3.8) is 0 Å². The summed E-state index contributed by atoms with van der Waals surface area (Å²) in [4.78, 5) is 12.7. The first-order valence-electron chi connectivity index (χ1n) is 9.35. The van der Waals surface area contributed by atoms with E-state index in [1.165, 1.54) is 10.6 Å². The molecule has 3 rings (SSSR count). The Morgan fingerprint density at radius 2 is 2.04 bits per heavy atom. The Morgan fingerprint density at radius 3 is 2.64 bits per heavy atom. The van der Waals surface area contributed by atoms with E-state index in [0.717, 1.165) is 24.2 Å². The topological polar surface area (TPSA) is 84.3 Å². The fourth-order valence-electron chi connectivity index (χ4n) is 3.51. The number of hydrogen-bond donors (Lipinski definition) is 1. The van der Waals surface area contributed by atoms with Gasteiger partial charge in [-0.1, -0.05) is 24.6 Å². The van der Waals surface area contributed by atoms with Gasteiger partial charge >= 0.3 is 0 Å². The second-order valence-corrected chi connectivity index (χ2v) is 9.48. The van der Waals surface area contributed by atoms with Gasteiger partial charge in [0.1, 0.15) is 0 Å². The molecule has 0 aliphatic carbocycles. The second kappa shape index (κ2) is 8.63. The monoisotopic (exact) mass is 424 g/mol. The van der Waals surface area contributed by atoms with Crippen molar-refractivity contribution in [2.45, 2.75) is 26.2 Å². The summed E-state index contributed by atoms with van der Waals surface area (Å²) in [5.41, 5.74) is 2.19. The standard InChI is InChI=1S/C19H25ClN4O3S/c1-3-18-17(13-22-24(18)16-6-4-5-15(20)11-16)19(25)21-12-14-7-9-23(10-8-14)28(2,26)27/h4-6,11,13-14H,3,7-10,12H2,1-2H3,(H,21,25). The van der Waals surface area contributed by atoms with Crippen molar-refractivity contribution in [2.75, 3.05) is 25.9 Å². The van der Waals surface area contributed by atoms with Crippen LogP contribution in [-0.2, 0) is 16.4 Å².